The van der Waals surface area contributed by atoms with Crippen molar-refractivity contribution in [2.45, 2.75) is 11.8 Å². The lowest BCUT2D eigenvalue weighted by atomic mass is 9.60. The van der Waals surface area contributed by atoms with Gasteiger partial charge in [0.15, 0.2) is 0 Å². The maximum Gasteiger partial charge on any atom is 0.335 e. The first-order chi connectivity index (χ1) is 30.1. The zero-order valence-corrected chi connectivity index (χ0v) is 32.1. The Labute approximate surface area is 351 Å². The number of anilines is 2. The van der Waals surface area contributed by atoms with E-state index in [0.717, 1.165) is 43.2 Å². The highest BCUT2D eigenvalue weighted by Gasteiger charge is 2.45. The lowest BCUT2D eigenvalue weighted by Crippen LogP contribution is -2.29. The summed E-state index contributed by atoms with van der Waals surface area (Å²) in [5, 5.41) is 18.9. The minimum atomic E-state index is -1.20. The molecule has 2 heterocycles. The van der Waals surface area contributed by atoms with Crippen molar-refractivity contribution in [3.8, 4) is 23.0 Å². The molecule has 62 heavy (non-hydrogen) atoms. The van der Waals surface area contributed by atoms with E-state index in [-0.39, 0.29) is 45.2 Å². The molecule has 0 atom stereocenters. The van der Waals surface area contributed by atoms with Gasteiger partial charge in [-0.25, -0.2) is 19.4 Å². The summed E-state index contributed by atoms with van der Waals surface area (Å²) < 4.78 is 13.3. The molecule has 12 nitrogen and oxygen atoms in total. The van der Waals surface area contributed by atoms with Crippen molar-refractivity contribution in [2.75, 3.05) is 9.80 Å². The van der Waals surface area contributed by atoms with E-state index in [2.05, 4.69) is 24.3 Å². The van der Waals surface area contributed by atoms with E-state index < -0.39 is 35.6 Å². The summed E-state index contributed by atoms with van der Waals surface area (Å²) in [4.78, 5) is 78.4. The van der Waals surface area contributed by atoms with Crippen LogP contribution in [0.4, 0.5) is 11.4 Å². The largest absolute Gasteiger partial charge is 0.478 e. The fourth-order valence-electron chi connectivity index (χ4n) is 9.20. The van der Waals surface area contributed by atoms with Crippen LogP contribution < -0.4 is 19.3 Å². The highest BCUT2D eigenvalue weighted by molar-refractivity contribution is 6.35. The average molecular weight is 817 g/mol. The zero-order valence-electron chi connectivity index (χ0n) is 32.1. The molecule has 0 saturated heterocycles. The molecule has 12 heteroatoms. The van der Waals surface area contributed by atoms with Crippen LogP contribution in [-0.2, 0) is 0 Å². The third-order valence-electron chi connectivity index (χ3n) is 11.9. The monoisotopic (exact) mass is 816 g/mol. The van der Waals surface area contributed by atoms with Crippen molar-refractivity contribution < 1.29 is 48.5 Å². The summed E-state index contributed by atoms with van der Waals surface area (Å²) in [6.45, 7) is 0. The number of carbonyl (C=O) groups excluding carboxylic acids is 4. The van der Waals surface area contributed by atoms with Gasteiger partial charge in [-0.3, -0.25) is 19.2 Å². The van der Waals surface area contributed by atoms with Gasteiger partial charge < -0.3 is 19.7 Å². The Balaban J connectivity index is 0.934. The molecule has 2 N–H and O–H groups in total. The van der Waals surface area contributed by atoms with Crippen LogP contribution in [0, 0.1) is 0 Å². The van der Waals surface area contributed by atoms with Crippen molar-refractivity contribution in [2.24, 2.45) is 0 Å². The maximum absolute atomic E-state index is 13.4. The number of aromatic carboxylic acids is 2. The molecule has 0 unspecified atom stereocenters. The van der Waals surface area contributed by atoms with Crippen molar-refractivity contribution in [3.63, 3.8) is 0 Å². The molecule has 4 amide bonds. The average Bonchev–Trinajstić information content (AvgIpc) is 3.70. The van der Waals surface area contributed by atoms with Gasteiger partial charge in [-0.2, -0.15) is 0 Å². The Kier molecular flexibility index (Phi) is 7.90. The highest BCUT2D eigenvalue weighted by Crippen LogP contribution is 2.60. The molecule has 0 aromatic heterocycles. The summed E-state index contributed by atoms with van der Waals surface area (Å²) in [6.07, 6.45) is 0. The van der Waals surface area contributed by atoms with Crippen LogP contribution in [0.25, 0.3) is 0 Å². The third kappa shape index (κ3) is 5.33. The molecule has 2 aliphatic heterocycles. The molecule has 0 spiro atoms. The number of carboxylic acids is 2. The molecule has 7 aromatic carbocycles. The summed E-state index contributed by atoms with van der Waals surface area (Å²) in [6, 6.07) is 41.1. The molecule has 0 fully saturated rings. The van der Waals surface area contributed by atoms with Crippen molar-refractivity contribution in [3.05, 3.63) is 212 Å². The van der Waals surface area contributed by atoms with Crippen LogP contribution in [0.15, 0.2) is 146 Å². The predicted molar refractivity (Wildman–Crippen MR) is 223 cm³/mol. The van der Waals surface area contributed by atoms with Gasteiger partial charge in [0.1, 0.15) is 23.0 Å². The number of hydrogen-bond acceptors (Lipinski definition) is 8. The SMILES string of the molecule is O=C(O)c1ccc2c(c1)C(=O)N(c1ccc(Oc3ccc(Oc4ccc(N5C(=O)c6ccc(C(=O)O)cc6C5=O)cc4)c4c3C3c5ccccc5C4c4ccccc43)cc1)C2=O. The van der Waals surface area contributed by atoms with Crippen molar-refractivity contribution >= 4 is 46.9 Å². The Morgan fingerprint density at radius 1 is 0.419 bits per heavy atom. The van der Waals surface area contributed by atoms with Crippen LogP contribution in [0.1, 0.15) is 107 Å². The maximum atomic E-state index is 13.4. The van der Waals surface area contributed by atoms with Crippen molar-refractivity contribution in [1.82, 2.24) is 0 Å². The highest BCUT2D eigenvalue weighted by atomic mass is 16.5. The smallest absolute Gasteiger partial charge is 0.335 e. The fourth-order valence-corrected chi connectivity index (χ4v) is 9.20. The minimum absolute atomic E-state index is 0.0242. The molecule has 298 valence electrons. The number of ether oxygens (including phenoxy) is 2. The van der Waals surface area contributed by atoms with Gasteiger partial charge >= 0.3 is 11.9 Å². The fraction of sp³-hybridized carbons (Fsp3) is 0.0400. The normalized spacial score (nSPS) is 16.4. The molecular formula is C50H28N2O10. The number of carbonyl (C=O) groups is 6. The van der Waals surface area contributed by atoms with E-state index in [1.807, 2.05) is 36.4 Å². The number of fused-ring (bicyclic) bond motifs is 2. The topological polar surface area (TPSA) is 168 Å². The summed E-state index contributed by atoms with van der Waals surface area (Å²) in [7, 11) is 0. The molecular weight excluding hydrogens is 789 g/mol. The van der Waals surface area contributed by atoms with E-state index in [0.29, 0.717) is 34.4 Å². The van der Waals surface area contributed by atoms with Gasteiger partial charge in [0.05, 0.1) is 44.8 Å². The molecule has 0 radical (unpaired) electrons. The van der Waals surface area contributed by atoms with Crippen LogP contribution in [0.2, 0.25) is 0 Å². The second-order valence-corrected chi connectivity index (χ2v) is 15.2. The van der Waals surface area contributed by atoms with E-state index >= 15 is 0 Å². The van der Waals surface area contributed by atoms with Crippen molar-refractivity contribution in [1.29, 1.82) is 0 Å². The lowest BCUT2D eigenvalue weighted by molar-refractivity contribution is 0.0686. The van der Waals surface area contributed by atoms with Gasteiger partial charge in [0.2, 0.25) is 0 Å². The second-order valence-electron chi connectivity index (χ2n) is 15.2. The van der Waals surface area contributed by atoms with Crippen LogP contribution in [0.3, 0.4) is 0 Å². The van der Waals surface area contributed by atoms with Gasteiger partial charge in [-0.15, -0.1) is 0 Å². The summed E-state index contributed by atoms with van der Waals surface area (Å²) in [5.74, 6) is -3.13. The van der Waals surface area contributed by atoms with Gasteiger partial charge in [0, 0.05) is 23.0 Å². The number of rotatable bonds is 8. The van der Waals surface area contributed by atoms with E-state index in [1.54, 1.807) is 48.5 Å². The Hall–Kier alpha value is -8.64. The summed E-state index contributed by atoms with van der Waals surface area (Å²) in [5.41, 5.74) is 7.09. The first-order valence-corrected chi connectivity index (χ1v) is 19.5. The van der Waals surface area contributed by atoms with Crippen LogP contribution in [-0.4, -0.2) is 45.8 Å². The second kappa shape index (κ2) is 13.4. The quantitative estimate of drug-likeness (QED) is 0.141. The number of hydrogen-bond donors (Lipinski definition) is 2. The molecule has 5 aliphatic rings. The number of amides is 4. The molecule has 2 bridgehead atoms. The van der Waals surface area contributed by atoms with Crippen LogP contribution >= 0.6 is 0 Å². The number of benzene rings is 7. The zero-order chi connectivity index (χ0) is 42.6. The molecule has 12 rings (SSSR count). The lowest BCUT2D eigenvalue weighted by Gasteiger charge is -2.43. The third-order valence-corrected chi connectivity index (χ3v) is 11.9. The standard InChI is InChI=1S/C50H28N2O10/c53-45-35-19-9-25(49(57)58)23-37(35)47(55)51(45)27-11-15-29(16-12-27)61-39-21-22-40(44-42-32-6-2-1-5-31(32)41(43(39)44)33-7-3-4-8-34(33)42)62-30-17-13-28(14-18-30)52-46(54)36-20-10-26(50(59)60)24-38(36)48(52)56/h1-24,41-42H,(H,57,58)(H,59,60). The summed E-state index contributed by atoms with van der Waals surface area (Å²) >= 11 is 0. The van der Waals surface area contributed by atoms with E-state index in [1.165, 1.54) is 36.4 Å². The van der Waals surface area contributed by atoms with Gasteiger partial charge in [0.25, 0.3) is 23.6 Å². The molecule has 7 aromatic rings. The Morgan fingerprint density at radius 3 is 1.10 bits per heavy atom. The van der Waals surface area contributed by atoms with E-state index in [9.17, 15) is 39.0 Å². The number of carboxylic acid groups (broad SMARTS) is 2. The Morgan fingerprint density at radius 2 is 0.758 bits per heavy atom. The van der Waals surface area contributed by atoms with Gasteiger partial charge in [-0.05, 0) is 119 Å². The van der Waals surface area contributed by atoms with E-state index in [4.69, 9.17) is 9.47 Å². The van der Waals surface area contributed by atoms with Crippen LogP contribution in [0.5, 0.6) is 23.0 Å². The number of nitrogens with zero attached hydrogens (tertiary/aromatic N) is 2. The Bertz CT molecular complexity index is 2930. The van der Waals surface area contributed by atoms with Gasteiger partial charge in [-0.1, -0.05) is 48.5 Å². The molecule has 0 saturated carbocycles. The first kappa shape index (κ1) is 36.4. The minimum Gasteiger partial charge on any atom is -0.478 e. The first-order valence-electron chi connectivity index (χ1n) is 19.5. The predicted octanol–water partition coefficient (Wildman–Crippen LogP) is 9.26. The number of imide groups is 2. The molecule has 3 aliphatic carbocycles.